The van der Waals surface area contributed by atoms with Gasteiger partial charge in [-0.1, -0.05) is 23.7 Å². The van der Waals surface area contributed by atoms with Crippen molar-refractivity contribution in [3.63, 3.8) is 0 Å². The Morgan fingerprint density at radius 2 is 1.89 bits per heavy atom. The van der Waals surface area contributed by atoms with E-state index in [1.165, 1.54) is 12.1 Å². The Kier molecular flexibility index (Phi) is 3.43. The summed E-state index contributed by atoms with van der Waals surface area (Å²) in [5.41, 5.74) is 0.301. The van der Waals surface area contributed by atoms with E-state index in [4.69, 9.17) is 16.7 Å². The number of aromatic carboxylic acids is 1. The minimum Gasteiger partial charge on any atom is -0.476 e. The van der Waals surface area contributed by atoms with Crippen LogP contribution in [0.2, 0.25) is 5.02 Å². The first-order valence-corrected chi connectivity index (χ1v) is 5.50. The predicted molar refractivity (Wildman–Crippen MR) is 66.0 cm³/mol. The summed E-state index contributed by atoms with van der Waals surface area (Å²) in [4.78, 5) is 22.3. The fraction of sp³-hybridized carbons (Fsp3) is 0.0833. The van der Waals surface area contributed by atoms with Crippen LogP contribution in [0.25, 0.3) is 0 Å². The topological polar surface area (TPSA) is 72.2 Å². The molecule has 0 bridgehead atoms. The van der Waals surface area contributed by atoms with Crippen LogP contribution in [0.4, 0.5) is 0 Å². The molecule has 1 aromatic heterocycles. The maximum atomic E-state index is 11.5. The third kappa shape index (κ3) is 2.75. The highest BCUT2D eigenvalue weighted by atomic mass is 35.5. The van der Waals surface area contributed by atoms with Gasteiger partial charge in [-0.25, -0.2) is 9.48 Å². The normalized spacial score (nSPS) is 10.3. The summed E-state index contributed by atoms with van der Waals surface area (Å²) in [6.45, 7) is 0.205. The van der Waals surface area contributed by atoms with E-state index in [1.807, 2.05) is 0 Å². The third-order valence-electron chi connectivity index (χ3n) is 2.33. The average Bonchev–Trinajstić information content (AvgIpc) is 2.34. The zero-order valence-corrected chi connectivity index (χ0v) is 9.96. The van der Waals surface area contributed by atoms with Crippen LogP contribution < -0.4 is 5.56 Å². The number of aromatic nitrogens is 2. The number of halogens is 1. The number of carboxylic acid groups (broad SMARTS) is 1. The van der Waals surface area contributed by atoms with Gasteiger partial charge in [-0.05, 0) is 23.8 Å². The maximum Gasteiger partial charge on any atom is 0.356 e. The second-order valence-corrected chi connectivity index (χ2v) is 4.08. The van der Waals surface area contributed by atoms with Crippen molar-refractivity contribution >= 4 is 17.6 Å². The minimum atomic E-state index is -1.17. The highest BCUT2D eigenvalue weighted by Gasteiger charge is 2.07. The Bertz CT molecular complexity index is 635. The summed E-state index contributed by atoms with van der Waals surface area (Å²) in [6, 6.07) is 9.27. The monoisotopic (exact) mass is 264 g/mol. The van der Waals surface area contributed by atoms with Crippen molar-refractivity contribution in [2.45, 2.75) is 6.54 Å². The van der Waals surface area contributed by atoms with Crippen molar-refractivity contribution < 1.29 is 9.90 Å². The van der Waals surface area contributed by atoms with E-state index in [1.54, 1.807) is 24.3 Å². The van der Waals surface area contributed by atoms with Crippen LogP contribution in [0.15, 0.2) is 41.2 Å². The van der Waals surface area contributed by atoms with Crippen molar-refractivity contribution in [1.82, 2.24) is 9.78 Å². The van der Waals surface area contributed by atoms with Gasteiger partial charge in [0.05, 0.1) is 6.54 Å². The average molecular weight is 265 g/mol. The summed E-state index contributed by atoms with van der Waals surface area (Å²) >= 11 is 5.75. The highest BCUT2D eigenvalue weighted by Crippen LogP contribution is 2.09. The second kappa shape index (κ2) is 5.01. The number of hydrogen-bond acceptors (Lipinski definition) is 3. The van der Waals surface area contributed by atoms with E-state index in [0.29, 0.717) is 5.02 Å². The Hall–Kier alpha value is -2.14. The van der Waals surface area contributed by atoms with Crippen molar-refractivity contribution in [3.8, 4) is 0 Å². The summed E-state index contributed by atoms with van der Waals surface area (Å²) < 4.78 is 1.10. The Balaban J connectivity index is 2.33. The molecule has 5 nitrogen and oxygen atoms in total. The number of benzene rings is 1. The molecule has 1 aromatic carbocycles. The molecule has 2 rings (SSSR count). The molecule has 1 N–H and O–H groups in total. The fourth-order valence-corrected chi connectivity index (χ4v) is 1.56. The summed E-state index contributed by atoms with van der Waals surface area (Å²) in [7, 11) is 0. The van der Waals surface area contributed by atoms with E-state index >= 15 is 0 Å². The standard InChI is InChI=1S/C12H9ClN2O3/c13-9-3-1-8(2-4-9)7-15-11(16)6-5-10(14-15)12(17)18/h1-6H,7H2,(H,17,18). The van der Waals surface area contributed by atoms with Gasteiger partial charge in [0, 0.05) is 11.1 Å². The first kappa shape index (κ1) is 12.3. The first-order valence-electron chi connectivity index (χ1n) is 5.12. The van der Waals surface area contributed by atoms with Crippen LogP contribution in [-0.2, 0) is 6.54 Å². The molecule has 0 aliphatic rings. The van der Waals surface area contributed by atoms with E-state index < -0.39 is 5.97 Å². The molecule has 1 heterocycles. The Labute approximate surface area is 107 Å². The molecule has 92 valence electrons. The molecule has 0 atom stereocenters. The van der Waals surface area contributed by atoms with Crippen LogP contribution in [-0.4, -0.2) is 20.9 Å². The van der Waals surface area contributed by atoms with Crippen molar-refractivity contribution in [1.29, 1.82) is 0 Å². The molecule has 0 aliphatic carbocycles. The third-order valence-corrected chi connectivity index (χ3v) is 2.58. The molecule has 0 radical (unpaired) electrons. The summed E-state index contributed by atoms with van der Waals surface area (Å²) in [5.74, 6) is -1.17. The van der Waals surface area contributed by atoms with Crippen molar-refractivity contribution in [2.75, 3.05) is 0 Å². The smallest absolute Gasteiger partial charge is 0.356 e. The zero-order valence-electron chi connectivity index (χ0n) is 9.21. The molecular weight excluding hydrogens is 256 g/mol. The number of carbonyl (C=O) groups is 1. The molecule has 18 heavy (non-hydrogen) atoms. The van der Waals surface area contributed by atoms with Gasteiger partial charge in [0.25, 0.3) is 5.56 Å². The number of nitrogens with zero attached hydrogens (tertiary/aromatic N) is 2. The Morgan fingerprint density at radius 1 is 1.22 bits per heavy atom. The molecule has 6 heteroatoms. The largest absolute Gasteiger partial charge is 0.476 e. The quantitative estimate of drug-likeness (QED) is 0.915. The SMILES string of the molecule is O=C(O)c1ccc(=O)n(Cc2ccc(Cl)cc2)n1. The highest BCUT2D eigenvalue weighted by molar-refractivity contribution is 6.30. The Morgan fingerprint density at radius 3 is 2.50 bits per heavy atom. The van der Waals surface area contributed by atoms with Gasteiger partial charge in [0.15, 0.2) is 5.69 Å². The molecule has 0 spiro atoms. The van der Waals surface area contributed by atoms with Gasteiger partial charge >= 0.3 is 5.97 Å². The molecule has 0 saturated carbocycles. The van der Waals surface area contributed by atoms with E-state index in [9.17, 15) is 9.59 Å². The molecule has 0 amide bonds. The van der Waals surface area contributed by atoms with Crippen molar-refractivity contribution in [3.05, 3.63) is 63.0 Å². The molecule has 2 aromatic rings. The molecular formula is C12H9ClN2O3. The number of rotatable bonds is 3. The molecule has 0 aliphatic heterocycles. The van der Waals surface area contributed by atoms with Crippen LogP contribution in [0.5, 0.6) is 0 Å². The van der Waals surface area contributed by atoms with Crippen LogP contribution in [0, 0.1) is 0 Å². The van der Waals surface area contributed by atoms with Gasteiger partial charge in [0.1, 0.15) is 0 Å². The molecule has 0 unspecified atom stereocenters. The zero-order chi connectivity index (χ0) is 13.1. The van der Waals surface area contributed by atoms with Crippen LogP contribution in [0.3, 0.4) is 0 Å². The van der Waals surface area contributed by atoms with Gasteiger partial charge < -0.3 is 5.11 Å². The van der Waals surface area contributed by atoms with Gasteiger partial charge in [-0.15, -0.1) is 0 Å². The van der Waals surface area contributed by atoms with Crippen LogP contribution >= 0.6 is 11.6 Å². The lowest BCUT2D eigenvalue weighted by Crippen LogP contribution is -2.24. The van der Waals surface area contributed by atoms with E-state index in [-0.39, 0.29) is 17.8 Å². The molecule has 0 fully saturated rings. The van der Waals surface area contributed by atoms with Crippen LogP contribution in [0.1, 0.15) is 16.1 Å². The lowest BCUT2D eigenvalue weighted by Gasteiger charge is -2.05. The maximum absolute atomic E-state index is 11.5. The van der Waals surface area contributed by atoms with Gasteiger partial charge in [0.2, 0.25) is 0 Å². The lowest BCUT2D eigenvalue weighted by molar-refractivity contribution is 0.0687. The number of hydrogen-bond donors (Lipinski definition) is 1. The fourth-order valence-electron chi connectivity index (χ4n) is 1.44. The summed E-state index contributed by atoms with van der Waals surface area (Å²) in [6.07, 6.45) is 0. The van der Waals surface area contributed by atoms with E-state index in [2.05, 4.69) is 5.10 Å². The van der Waals surface area contributed by atoms with Gasteiger partial charge in [-0.3, -0.25) is 4.79 Å². The second-order valence-electron chi connectivity index (χ2n) is 3.65. The van der Waals surface area contributed by atoms with Crippen molar-refractivity contribution in [2.24, 2.45) is 0 Å². The van der Waals surface area contributed by atoms with E-state index in [0.717, 1.165) is 10.2 Å². The lowest BCUT2D eigenvalue weighted by atomic mass is 10.2. The summed E-state index contributed by atoms with van der Waals surface area (Å²) in [5, 5.41) is 13.2. The predicted octanol–water partition coefficient (Wildman–Crippen LogP) is 1.64. The minimum absolute atomic E-state index is 0.163. The number of carboxylic acids is 1. The first-order chi connectivity index (χ1) is 8.56. The molecule has 0 saturated heterocycles. The van der Waals surface area contributed by atoms with Gasteiger partial charge in [-0.2, -0.15) is 5.10 Å².